The van der Waals surface area contributed by atoms with E-state index in [0.29, 0.717) is 42.1 Å². The first-order chi connectivity index (χ1) is 18.0. The molecule has 2 aromatic heterocycles. The predicted octanol–water partition coefficient (Wildman–Crippen LogP) is 4.15. The van der Waals surface area contributed by atoms with Crippen molar-refractivity contribution >= 4 is 45.3 Å². The maximum Gasteiger partial charge on any atom is 0.415 e. The molecule has 37 heavy (non-hydrogen) atoms. The van der Waals surface area contributed by atoms with Crippen molar-refractivity contribution in [2.45, 2.75) is 13.0 Å². The second-order valence-corrected chi connectivity index (χ2v) is 8.68. The van der Waals surface area contributed by atoms with Crippen LogP contribution in [-0.2, 0) is 4.79 Å². The van der Waals surface area contributed by atoms with Gasteiger partial charge in [-0.3, -0.25) is 9.78 Å². The molecule has 1 aliphatic rings. The Kier molecular flexibility index (Phi) is 6.55. The normalized spacial score (nSPS) is 15.5. The maximum absolute atomic E-state index is 13.1. The van der Waals surface area contributed by atoms with Gasteiger partial charge in [-0.15, -0.1) is 0 Å². The number of methoxy groups -OCH3 is 1. The third kappa shape index (κ3) is 4.86. The third-order valence-corrected chi connectivity index (χ3v) is 6.32. The lowest BCUT2D eigenvalue weighted by Gasteiger charge is -2.38. The Bertz CT molecular complexity index is 1510. The van der Waals surface area contributed by atoms with E-state index in [4.69, 9.17) is 9.47 Å². The summed E-state index contributed by atoms with van der Waals surface area (Å²) in [5.74, 6) is 0.988. The highest BCUT2D eigenvalue weighted by Gasteiger charge is 2.30. The molecule has 1 fully saturated rings. The van der Waals surface area contributed by atoms with Crippen LogP contribution in [0.15, 0.2) is 67.6 Å². The fourth-order valence-electron chi connectivity index (χ4n) is 4.39. The first-order valence-corrected chi connectivity index (χ1v) is 11.8. The Labute approximate surface area is 213 Å². The van der Waals surface area contributed by atoms with Gasteiger partial charge in [0.1, 0.15) is 12.1 Å². The molecule has 2 amide bonds. The van der Waals surface area contributed by atoms with E-state index in [-0.39, 0.29) is 17.7 Å². The maximum atomic E-state index is 13.1. The van der Waals surface area contributed by atoms with Crippen molar-refractivity contribution in [3.63, 3.8) is 0 Å². The van der Waals surface area contributed by atoms with Gasteiger partial charge in [-0.05, 0) is 31.2 Å². The number of fused-ring (bicyclic) bond motifs is 2. The Morgan fingerprint density at radius 2 is 1.92 bits per heavy atom. The highest BCUT2D eigenvalue weighted by molar-refractivity contribution is 5.94. The molecule has 1 saturated heterocycles. The van der Waals surface area contributed by atoms with E-state index in [1.807, 2.05) is 37.3 Å². The molecule has 0 bridgehead atoms. The van der Waals surface area contributed by atoms with Gasteiger partial charge in [-0.1, -0.05) is 24.8 Å². The van der Waals surface area contributed by atoms with Gasteiger partial charge >= 0.3 is 6.09 Å². The lowest BCUT2D eigenvalue weighted by molar-refractivity contribution is -0.128. The first-order valence-electron chi connectivity index (χ1n) is 11.8. The largest absolute Gasteiger partial charge is 0.493 e. The second-order valence-electron chi connectivity index (χ2n) is 8.68. The highest BCUT2D eigenvalue weighted by atomic mass is 16.6. The predicted molar refractivity (Wildman–Crippen MR) is 140 cm³/mol. The number of hydrogen-bond donors (Lipinski definition) is 1. The van der Waals surface area contributed by atoms with Gasteiger partial charge < -0.3 is 24.6 Å². The number of nitrogens with one attached hydrogen (secondary N) is 1. The van der Waals surface area contributed by atoms with Crippen molar-refractivity contribution in [3.8, 4) is 11.5 Å². The van der Waals surface area contributed by atoms with Gasteiger partial charge in [0.2, 0.25) is 5.91 Å². The zero-order chi connectivity index (χ0) is 25.9. The molecule has 1 N–H and O–H groups in total. The summed E-state index contributed by atoms with van der Waals surface area (Å²) < 4.78 is 11.3. The average molecular weight is 499 g/mol. The van der Waals surface area contributed by atoms with Crippen LogP contribution >= 0.6 is 0 Å². The Morgan fingerprint density at radius 1 is 1.08 bits per heavy atom. The van der Waals surface area contributed by atoms with Gasteiger partial charge in [0.25, 0.3) is 0 Å². The molecule has 4 aromatic rings. The monoisotopic (exact) mass is 498 g/mol. The van der Waals surface area contributed by atoms with Gasteiger partial charge in [0.15, 0.2) is 11.5 Å². The van der Waals surface area contributed by atoms with Crippen LogP contribution in [0.5, 0.6) is 11.5 Å². The molecule has 0 unspecified atom stereocenters. The van der Waals surface area contributed by atoms with Crippen LogP contribution in [0.25, 0.3) is 21.8 Å². The van der Waals surface area contributed by atoms with Crippen LogP contribution in [0.1, 0.15) is 6.92 Å². The number of amides is 2. The SMILES string of the molecule is C=CC(=O)N1CCN(C(=O)Oc2cc3c(Nc4cnc5ccccc5c4)ncnc3cc2OC)[C@H](C)C1. The number of para-hydroxylation sites is 1. The summed E-state index contributed by atoms with van der Waals surface area (Å²) in [6.45, 7) is 6.55. The molecule has 188 valence electrons. The summed E-state index contributed by atoms with van der Waals surface area (Å²) >= 11 is 0. The quantitative estimate of drug-likeness (QED) is 0.409. The van der Waals surface area contributed by atoms with E-state index in [0.717, 1.165) is 16.6 Å². The van der Waals surface area contributed by atoms with E-state index in [2.05, 4.69) is 26.8 Å². The van der Waals surface area contributed by atoms with Gasteiger partial charge in [-0.2, -0.15) is 0 Å². The van der Waals surface area contributed by atoms with E-state index in [9.17, 15) is 9.59 Å². The van der Waals surface area contributed by atoms with Crippen LogP contribution in [0.4, 0.5) is 16.3 Å². The number of anilines is 2. The first kappa shape index (κ1) is 24.0. The summed E-state index contributed by atoms with van der Waals surface area (Å²) in [5.41, 5.74) is 2.27. The molecule has 0 aliphatic carbocycles. The number of carbonyl (C=O) groups excluding carboxylic acids is 2. The average Bonchev–Trinajstić information content (AvgIpc) is 2.92. The number of aromatic nitrogens is 3. The van der Waals surface area contributed by atoms with Crippen LogP contribution in [-0.4, -0.2) is 69.5 Å². The molecule has 5 rings (SSSR count). The molecule has 0 saturated carbocycles. The van der Waals surface area contributed by atoms with Crippen molar-refractivity contribution in [1.29, 1.82) is 0 Å². The van der Waals surface area contributed by atoms with E-state index in [1.54, 1.807) is 28.1 Å². The molecular formula is C27H26N6O4. The molecule has 2 aromatic carbocycles. The molecule has 10 heteroatoms. The number of hydrogen-bond acceptors (Lipinski definition) is 8. The molecule has 0 spiro atoms. The van der Waals surface area contributed by atoms with Gasteiger partial charge in [0, 0.05) is 42.5 Å². The fourth-order valence-corrected chi connectivity index (χ4v) is 4.39. The molecule has 0 radical (unpaired) electrons. The fraction of sp³-hybridized carbons (Fsp3) is 0.222. The lowest BCUT2D eigenvalue weighted by Crippen LogP contribution is -2.55. The molecule has 3 heterocycles. The summed E-state index contributed by atoms with van der Waals surface area (Å²) in [6.07, 6.45) is 3.94. The minimum atomic E-state index is -0.527. The van der Waals surface area contributed by atoms with Crippen LogP contribution < -0.4 is 14.8 Å². The Morgan fingerprint density at radius 3 is 2.70 bits per heavy atom. The number of pyridine rings is 1. The zero-order valence-electron chi connectivity index (χ0n) is 20.5. The van der Waals surface area contributed by atoms with Crippen molar-refractivity contribution in [2.24, 2.45) is 0 Å². The van der Waals surface area contributed by atoms with Crippen molar-refractivity contribution in [1.82, 2.24) is 24.8 Å². The van der Waals surface area contributed by atoms with Crippen molar-refractivity contribution in [3.05, 3.63) is 67.6 Å². The summed E-state index contributed by atoms with van der Waals surface area (Å²) in [4.78, 5) is 41.6. The molecule has 10 nitrogen and oxygen atoms in total. The highest BCUT2D eigenvalue weighted by Crippen LogP contribution is 2.35. The topological polar surface area (TPSA) is 110 Å². The lowest BCUT2D eigenvalue weighted by atomic mass is 10.2. The van der Waals surface area contributed by atoms with Gasteiger partial charge in [0.05, 0.1) is 30.0 Å². The van der Waals surface area contributed by atoms with Crippen molar-refractivity contribution in [2.75, 3.05) is 32.1 Å². The number of nitrogens with zero attached hydrogens (tertiary/aromatic N) is 5. The molecule has 1 atom stereocenters. The van der Waals surface area contributed by atoms with Crippen LogP contribution in [0.2, 0.25) is 0 Å². The zero-order valence-corrected chi connectivity index (χ0v) is 20.5. The molecule has 1 aliphatic heterocycles. The van der Waals surface area contributed by atoms with E-state index < -0.39 is 6.09 Å². The van der Waals surface area contributed by atoms with E-state index >= 15 is 0 Å². The molecular weight excluding hydrogens is 472 g/mol. The van der Waals surface area contributed by atoms with Gasteiger partial charge in [-0.25, -0.2) is 14.8 Å². The Hall–Kier alpha value is -4.73. The summed E-state index contributed by atoms with van der Waals surface area (Å²) in [7, 11) is 1.50. The number of benzene rings is 2. The van der Waals surface area contributed by atoms with Crippen molar-refractivity contribution < 1.29 is 19.1 Å². The standard InChI is InChI=1S/C27H26N6O4/c1-4-25(34)32-9-10-33(17(2)15-32)27(35)37-24-12-20-22(13-23(24)36-3)29-16-30-26(20)31-19-11-18-7-5-6-8-21(18)28-14-19/h4-8,11-14,16-17H,1,9-10,15H2,2-3H3,(H,29,30,31)/t17-/m1/s1. The van der Waals surface area contributed by atoms with Crippen LogP contribution in [0, 0.1) is 0 Å². The Balaban J connectivity index is 1.41. The number of rotatable bonds is 5. The number of carbonyl (C=O) groups is 2. The number of ether oxygens (including phenoxy) is 2. The van der Waals surface area contributed by atoms with Crippen LogP contribution in [0.3, 0.4) is 0 Å². The minimum absolute atomic E-state index is 0.155. The number of piperazine rings is 1. The second kappa shape index (κ2) is 10.1. The summed E-state index contributed by atoms with van der Waals surface area (Å²) in [5, 5.41) is 4.94. The smallest absolute Gasteiger partial charge is 0.415 e. The van der Waals surface area contributed by atoms with E-state index in [1.165, 1.54) is 19.5 Å². The summed E-state index contributed by atoms with van der Waals surface area (Å²) in [6, 6.07) is 13.0. The minimum Gasteiger partial charge on any atom is -0.493 e. The third-order valence-electron chi connectivity index (χ3n) is 6.32.